The molecule has 29 heavy (non-hydrogen) atoms. The topological polar surface area (TPSA) is 98.1 Å². The second-order valence-electron chi connectivity index (χ2n) is 7.10. The first-order chi connectivity index (χ1) is 13.9. The van der Waals surface area contributed by atoms with Crippen LogP contribution in [0.2, 0.25) is 0 Å². The number of nitrogens with one attached hydrogen (secondary N) is 1. The Labute approximate surface area is 177 Å². The fourth-order valence-electron chi connectivity index (χ4n) is 3.40. The number of hydrogen-bond donors (Lipinski definition) is 1. The van der Waals surface area contributed by atoms with Gasteiger partial charge in [0.1, 0.15) is 0 Å². The number of H-pyrrole nitrogens is 1. The van der Waals surface area contributed by atoms with E-state index >= 15 is 0 Å². The van der Waals surface area contributed by atoms with E-state index in [0.717, 1.165) is 21.1 Å². The third kappa shape index (κ3) is 3.58. The number of halogens is 1. The van der Waals surface area contributed by atoms with Gasteiger partial charge in [0.15, 0.2) is 5.82 Å². The van der Waals surface area contributed by atoms with Gasteiger partial charge >= 0.3 is 0 Å². The third-order valence-corrected chi connectivity index (χ3v) is 6.71. The predicted molar refractivity (Wildman–Crippen MR) is 121 cm³/mol. The lowest BCUT2D eigenvalue weighted by molar-refractivity contribution is -0.265. The van der Waals surface area contributed by atoms with Gasteiger partial charge in [0.05, 0.1) is 5.56 Å². The van der Waals surface area contributed by atoms with E-state index in [9.17, 15) is 9.90 Å². The molecule has 2 aromatic heterocycles. The molecule has 0 spiro atoms. The maximum Gasteiger partial charge on any atom is 0.262 e. The maximum atomic E-state index is 13.1. The Morgan fingerprint density at radius 1 is 1.38 bits per heavy atom. The molecule has 1 aromatic carbocycles. The standard InChI is InChI=1S/C21H21IN4O3/c1-11-23-21(29-25-11)18-19(27)15-9-14(12-5-7-13(8-6-12)26(3)4)16(22-2)10-17(15)24-20(18)28/h5-7,9-10,13H,2,8H2,1,3-4H3,(H2,24,27,28)/p-1. The molecule has 0 saturated heterocycles. The van der Waals surface area contributed by atoms with Crippen LogP contribution in [0.25, 0.3) is 27.9 Å². The van der Waals surface area contributed by atoms with Crippen molar-refractivity contribution in [2.75, 3.05) is 14.1 Å². The zero-order valence-corrected chi connectivity index (χ0v) is 18.5. The lowest BCUT2D eigenvalue weighted by atomic mass is 9.95. The molecule has 1 N–H and O–H groups in total. The average Bonchev–Trinajstić information content (AvgIpc) is 3.13. The molecule has 0 radical (unpaired) electrons. The van der Waals surface area contributed by atoms with Gasteiger partial charge in [0.2, 0.25) is 0 Å². The summed E-state index contributed by atoms with van der Waals surface area (Å²) in [5.74, 6) is -0.102. The normalized spacial score (nSPS) is 16.6. The Kier molecular flexibility index (Phi) is 5.22. The Bertz CT molecular complexity index is 1240. The second-order valence-corrected chi connectivity index (χ2v) is 9.03. The van der Waals surface area contributed by atoms with Crippen LogP contribution < -0.4 is 10.7 Å². The molecule has 1 atom stereocenters. The minimum absolute atomic E-state index is 0.0588. The third-order valence-electron chi connectivity index (χ3n) is 4.99. The highest BCUT2D eigenvalue weighted by atomic mass is 127. The minimum atomic E-state index is -0.530. The van der Waals surface area contributed by atoms with Crippen LogP contribution in [0, 0.1) is 10.5 Å². The molecule has 1 unspecified atom stereocenters. The zero-order valence-electron chi connectivity index (χ0n) is 16.3. The van der Waals surface area contributed by atoms with Crippen LogP contribution in [-0.2, 0) is 0 Å². The lowest BCUT2D eigenvalue weighted by Crippen LogP contribution is -2.26. The van der Waals surface area contributed by atoms with E-state index in [1.54, 1.807) is 6.92 Å². The van der Waals surface area contributed by atoms with Crippen molar-refractivity contribution >= 4 is 41.7 Å². The van der Waals surface area contributed by atoms with Gasteiger partial charge in [-0.2, -0.15) is 4.98 Å². The lowest BCUT2D eigenvalue weighted by Gasteiger charge is -2.24. The highest BCUT2D eigenvalue weighted by Crippen LogP contribution is 2.35. The van der Waals surface area contributed by atoms with Crippen molar-refractivity contribution in [2.45, 2.75) is 19.4 Å². The van der Waals surface area contributed by atoms with Gasteiger partial charge < -0.3 is 19.5 Å². The van der Waals surface area contributed by atoms with E-state index in [2.05, 4.69) is 56.9 Å². The van der Waals surface area contributed by atoms with Crippen molar-refractivity contribution < 1.29 is 9.63 Å². The molecule has 1 aliphatic carbocycles. The Balaban J connectivity index is 1.90. The monoisotopic (exact) mass is 503 g/mol. The number of fused-ring (bicyclic) bond motifs is 1. The molecule has 0 fully saturated rings. The Hall–Kier alpha value is -2.59. The number of nitrogens with zero attached hydrogens (tertiary/aromatic N) is 3. The zero-order chi connectivity index (χ0) is 20.7. The van der Waals surface area contributed by atoms with Crippen molar-refractivity contribution in [3.05, 3.63) is 55.7 Å². The summed E-state index contributed by atoms with van der Waals surface area (Å²) in [6.45, 7) is 1.64. The van der Waals surface area contributed by atoms with Crippen LogP contribution in [0.3, 0.4) is 0 Å². The first kappa shape index (κ1) is 19.7. The summed E-state index contributed by atoms with van der Waals surface area (Å²) in [5, 5.41) is 17.3. The molecular formula is C21H20IN4O3-. The number of aromatic amines is 1. The van der Waals surface area contributed by atoms with Gasteiger partial charge in [-0.3, -0.25) is 4.79 Å². The minimum Gasteiger partial charge on any atom is -0.871 e. The van der Waals surface area contributed by atoms with Gasteiger partial charge in [0, 0.05) is 15.1 Å². The smallest absolute Gasteiger partial charge is 0.262 e. The van der Waals surface area contributed by atoms with Gasteiger partial charge in [0.25, 0.3) is 11.4 Å². The van der Waals surface area contributed by atoms with Crippen LogP contribution in [0.1, 0.15) is 17.8 Å². The van der Waals surface area contributed by atoms with Crippen molar-refractivity contribution in [1.82, 2.24) is 20.0 Å². The van der Waals surface area contributed by atoms with Crippen LogP contribution >= 0.6 is 20.7 Å². The van der Waals surface area contributed by atoms with E-state index in [1.807, 2.05) is 12.1 Å². The molecule has 7 nitrogen and oxygen atoms in total. The number of rotatable bonds is 4. The van der Waals surface area contributed by atoms with Gasteiger partial charge in [-0.1, -0.05) is 54.4 Å². The van der Waals surface area contributed by atoms with Gasteiger partial charge in [-0.25, -0.2) is 0 Å². The van der Waals surface area contributed by atoms with Gasteiger partial charge in [-0.05, 0) is 56.1 Å². The molecule has 1 aliphatic rings. The summed E-state index contributed by atoms with van der Waals surface area (Å²) in [4.78, 5) is 21.5. The van der Waals surface area contributed by atoms with Crippen LogP contribution in [0.15, 0.2) is 39.7 Å². The molecule has 0 saturated carbocycles. The molecule has 2 heterocycles. The predicted octanol–water partition coefficient (Wildman–Crippen LogP) is 2.81. The fraction of sp³-hybridized carbons (Fsp3) is 0.238. The highest BCUT2D eigenvalue weighted by Gasteiger charge is 2.18. The number of benzene rings is 1. The summed E-state index contributed by atoms with van der Waals surface area (Å²) < 4.78 is 10.3. The van der Waals surface area contributed by atoms with Crippen molar-refractivity contribution in [3.8, 4) is 17.2 Å². The highest BCUT2D eigenvalue weighted by molar-refractivity contribution is 14.2. The van der Waals surface area contributed by atoms with E-state index in [0.29, 0.717) is 22.8 Å². The molecule has 8 heteroatoms. The second kappa shape index (κ2) is 7.68. The SMILES string of the molecule is C=Ic1cc2[nH]c(=O)c(-c3nc(C)no3)c([O-])c2cc1C1=CCC(N(C)C)C=C1. The average molecular weight is 503 g/mol. The Morgan fingerprint density at radius 2 is 2.17 bits per heavy atom. The van der Waals surface area contributed by atoms with Crippen molar-refractivity contribution in [2.24, 2.45) is 0 Å². The number of pyridine rings is 1. The molecule has 150 valence electrons. The van der Waals surface area contributed by atoms with E-state index in [1.165, 1.54) is 0 Å². The summed E-state index contributed by atoms with van der Waals surface area (Å²) in [6.07, 6.45) is 7.35. The Morgan fingerprint density at radius 3 is 2.76 bits per heavy atom. The molecule has 0 aliphatic heterocycles. The molecule has 4 rings (SSSR count). The van der Waals surface area contributed by atoms with E-state index in [4.69, 9.17) is 4.52 Å². The maximum absolute atomic E-state index is 13.1. The number of aromatic nitrogens is 3. The molecular weight excluding hydrogens is 483 g/mol. The summed E-state index contributed by atoms with van der Waals surface area (Å²) in [6, 6.07) is 4.09. The molecule has 0 bridgehead atoms. The number of likely N-dealkylation sites (N-methyl/N-ethyl adjacent to an activating group) is 1. The number of allylic oxidation sites excluding steroid dienone is 2. The van der Waals surface area contributed by atoms with Crippen molar-refractivity contribution in [3.63, 3.8) is 0 Å². The summed E-state index contributed by atoms with van der Waals surface area (Å²) in [7, 11) is 4.11. The van der Waals surface area contributed by atoms with E-state index in [-0.39, 0.29) is 11.5 Å². The van der Waals surface area contributed by atoms with Crippen molar-refractivity contribution in [1.29, 1.82) is 0 Å². The number of aryl methyl sites for hydroxylation is 1. The van der Waals surface area contributed by atoms with Crippen LogP contribution in [-0.4, -0.2) is 44.7 Å². The van der Waals surface area contributed by atoms with Crippen LogP contribution in [0.5, 0.6) is 5.75 Å². The number of hydrogen-bond acceptors (Lipinski definition) is 6. The first-order valence-electron chi connectivity index (χ1n) is 9.04. The summed E-state index contributed by atoms with van der Waals surface area (Å²) in [5.41, 5.74) is 1.92. The quantitative estimate of drug-likeness (QED) is 0.550. The molecule has 0 amide bonds. The summed E-state index contributed by atoms with van der Waals surface area (Å²) >= 11 is -0.507. The van der Waals surface area contributed by atoms with Gasteiger partial charge in [-0.15, -0.1) is 0 Å². The largest absolute Gasteiger partial charge is 0.871 e. The molecule has 3 aromatic rings. The van der Waals surface area contributed by atoms with Crippen LogP contribution in [0.4, 0.5) is 0 Å². The van der Waals surface area contributed by atoms with E-state index < -0.39 is 32.0 Å². The fourth-order valence-corrected chi connectivity index (χ4v) is 4.81. The first-order valence-corrected chi connectivity index (χ1v) is 11.6.